The minimum absolute atomic E-state index is 0.912. The number of aromatic nitrogens is 2. The number of para-hydroxylation sites is 4. The molecule has 0 amide bonds. The van der Waals surface area contributed by atoms with Gasteiger partial charge >= 0.3 is 0 Å². The molecule has 3 heteroatoms. The third kappa shape index (κ3) is 4.86. The van der Waals surface area contributed by atoms with Crippen molar-refractivity contribution in [2.45, 2.75) is 0 Å². The van der Waals surface area contributed by atoms with Crippen molar-refractivity contribution in [1.29, 1.82) is 0 Å². The Morgan fingerprint density at radius 2 is 0.825 bits per heavy atom. The first-order valence-corrected chi connectivity index (χ1v) is 19.5. The standard InChI is InChI=1S/C54H34N2O/c1-2-11-35(12-3-1)36-21-23-37(24-22-36)38-25-29-41(30-26-38)56-48-18-7-4-13-43(48)45-33-34-50-52(53(45)56)47-15-5-8-19-49(47)55(50)40-31-27-39(28-32-40)42-16-10-17-46-44-14-6-9-20-51(44)57-54(42)46/h1-34H. The fraction of sp³-hybridized carbons (Fsp3) is 0. The summed E-state index contributed by atoms with van der Waals surface area (Å²) in [5.74, 6) is 0. The normalized spacial score (nSPS) is 11.9. The van der Waals surface area contributed by atoms with Crippen LogP contribution in [0.2, 0.25) is 0 Å². The Morgan fingerprint density at radius 3 is 1.54 bits per heavy atom. The summed E-state index contributed by atoms with van der Waals surface area (Å²) in [6, 6.07) is 74.4. The van der Waals surface area contributed by atoms with Gasteiger partial charge in [0.15, 0.2) is 0 Å². The lowest BCUT2D eigenvalue weighted by Gasteiger charge is -2.12. The molecule has 0 bridgehead atoms. The SMILES string of the molecule is c1ccc(-c2ccc(-c3ccc(-n4c5ccccc5c5ccc6c(c7ccccc7n6-c6ccc(-c7cccc8c7oc7ccccc78)cc6)c54)cc3)cc2)cc1. The summed E-state index contributed by atoms with van der Waals surface area (Å²) in [4.78, 5) is 0. The number of hydrogen-bond acceptors (Lipinski definition) is 1. The van der Waals surface area contributed by atoms with Crippen molar-refractivity contribution in [3.05, 3.63) is 206 Å². The average Bonchev–Trinajstić information content (AvgIpc) is 3.95. The fourth-order valence-corrected chi connectivity index (χ4v) is 9.11. The second kappa shape index (κ2) is 12.5. The molecule has 3 heterocycles. The molecule has 266 valence electrons. The largest absolute Gasteiger partial charge is 0.455 e. The average molecular weight is 727 g/mol. The first-order chi connectivity index (χ1) is 28.3. The van der Waals surface area contributed by atoms with Crippen LogP contribution in [0.5, 0.6) is 0 Å². The van der Waals surface area contributed by atoms with Crippen molar-refractivity contribution in [2.75, 3.05) is 0 Å². The van der Waals surface area contributed by atoms with Crippen LogP contribution in [0.1, 0.15) is 0 Å². The van der Waals surface area contributed by atoms with Gasteiger partial charge in [0, 0.05) is 49.3 Å². The second-order valence-corrected chi connectivity index (χ2v) is 14.9. The molecule has 3 aromatic heterocycles. The zero-order valence-corrected chi connectivity index (χ0v) is 30.9. The van der Waals surface area contributed by atoms with Gasteiger partial charge in [-0.05, 0) is 76.3 Å². The monoisotopic (exact) mass is 726 g/mol. The molecular weight excluding hydrogens is 693 g/mol. The van der Waals surface area contributed by atoms with Crippen molar-refractivity contribution in [2.24, 2.45) is 0 Å². The van der Waals surface area contributed by atoms with E-state index in [1.54, 1.807) is 0 Å². The van der Waals surface area contributed by atoms with Gasteiger partial charge in [0.1, 0.15) is 11.2 Å². The quantitative estimate of drug-likeness (QED) is 0.173. The van der Waals surface area contributed by atoms with Crippen molar-refractivity contribution in [3.63, 3.8) is 0 Å². The van der Waals surface area contributed by atoms with Crippen LogP contribution in [0.15, 0.2) is 211 Å². The summed E-state index contributed by atoms with van der Waals surface area (Å²) >= 11 is 0. The van der Waals surface area contributed by atoms with E-state index in [0.717, 1.165) is 44.4 Å². The van der Waals surface area contributed by atoms with E-state index in [4.69, 9.17) is 4.42 Å². The Labute approximate surface area is 328 Å². The molecule has 0 spiro atoms. The Hall–Kier alpha value is -7.62. The van der Waals surface area contributed by atoms with E-state index in [0.29, 0.717) is 0 Å². The molecule has 9 aromatic carbocycles. The number of benzene rings is 9. The third-order valence-corrected chi connectivity index (χ3v) is 11.8. The van der Waals surface area contributed by atoms with E-state index in [9.17, 15) is 0 Å². The molecule has 12 aromatic rings. The highest BCUT2D eigenvalue weighted by Gasteiger charge is 2.21. The molecule has 0 unspecified atom stereocenters. The van der Waals surface area contributed by atoms with E-state index >= 15 is 0 Å². The molecule has 0 radical (unpaired) electrons. The lowest BCUT2D eigenvalue weighted by atomic mass is 10.0. The van der Waals surface area contributed by atoms with Crippen molar-refractivity contribution >= 4 is 65.6 Å². The maximum Gasteiger partial charge on any atom is 0.143 e. The minimum atomic E-state index is 0.912. The summed E-state index contributed by atoms with van der Waals surface area (Å²) in [6.07, 6.45) is 0. The van der Waals surface area contributed by atoms with Gasteiger partial charge in [0.05, 0.1) is 22.1 Å². The van der Waals surface area contributed by atoms with Gasteiger partial charge in [-0.2, -0.15) is 0 Å². The van der Waals surface area contributed by atoms with Crippen molar-refractivity contribution in [1.82, 2.24) is 9.13 Å². The van der Waals surface area contributed by atoms with Gasteiger partial charge in [0.2, 0.25) is 0 Å². The van der Waals surface area contributed by atoms with E-state index in [1.165, 1.54) is 65.9 Å². The smallest absolute Gasteiger partial charge is 0.143 e. The summed E-state index contributed by atoms with van der Waals surface area (Å²) < 4.78 is 11.3. The van der Waals surface area contributed by atoms with Crippen LogP contribution in [0.3, 0.4) is 0 Å². The molecule has 57 heavy (non-hydrogen) atoms. The van der Waals surface area contributed by atoms with Gasteiger partial charge in [-0.25, -0.2) is 0 Å². The Balaban J connectivity index is 1.01. The highest BCUT2D eigenvalue weighted by Crippen LogP contribution is 2.43. The van der Waals surface area contributed by atoms with Crippen molar-refractivity contribution in [3.8, 4) is 44.8 Å². The van der Waals surface area contributed by atoms with E-state index in [-0.39, 0.29) is 0 Å². The molecule has 0 N–H and O–H groups in total. The summed E-state index contributed by atoms with van der Waals surface area (Å²) in [6.45, 7) is 0. The molecular formula is C54H34N2O. The van der Waals surface area contributed by atoms with E-state index in [2.05, 4.69) is 203 Å². The molecule has 0 aliphatic carbocycles. The maximum absolute atomic E-state index is 6.41. The molecule has 0 atom stereocenters. The zero-order chi connectivity index (χ0) is 37.5. The molecule has 0 saturated heterocycles. The maximum atomic E-state index is 6.41. The number of hydrogen-bond donors (Lipinski definition) is 0. The predicted molar refractivity (Wildman–Crippen MR) is 239 cm³/mol. The van der Waals surface area contributed by atoms with Gasteiger partial charge in [-0.3, -0.25) is 0 Å². The first-order valence-electron chi connectivity index (χ1n) is 19.5. The van der Waals surface area contributed by atoms with Crippen LogP contribution in [0, 0.1) is 0 Å². The Bertz CT molecular complexity index is 3470. The molecule has 0 aliphatic heterocycles. The lowest BCUT2D eigenvalue weighted by Crippen LogP contribution is -1.95. The van der Waals surface area contributed by atoms with Crippen LogP contribution >= 0.6 is 0 Å². The number of rotatable bonds is 5. The first kappa shape index (κ1) is 31.7. The summed E-state index contributed by atoms with van der Waals surface area (Å²) in [5, 5.41) is 7.25. The number of furan rings is 1. The van der Waals surface area contributed by atoms with Gasteiger partial charge in [-0.1, -0.05) is 158 Å². The minimum Gasteiger partial charge on any atom is -0.455 e. The summed E-state index contributed by atoms with van der Waals surface area (Å²) in [7, 11) is 0. The summed E-state index contributed by atoms with van der Waals surface area (Å²) in [5.41, 5.74) is 15.9. The van der Waals surface area contributed by atoms with Crippen LogP contribution in [0.4, 0.5) is 0 Å². The third-order valence-electron chi connectivity index (χ3n) is 11.8. The number of nitrogens with zero attached hydrogens (tertiary/aromatic N) is 2. The number of fused-ring (bicyclic) bond motifs is 10. The van der Waals surface area contributed by atoms with Crippen LogP contribution in [-0.4, -0.2) is 9.13 Å². The van der Waals surface area contributed by atoms with Gasteiger partial charge in [-0.15, -0.1) is 0 Å². The zero-order valence-electron chi connectivity index (χ0n) is 30.9. The Morgan fingerprint density at radius 1 is 0.298 bits per heavy atom. The lowest BCUT2D eigenvalue weighted by molar-refractivity contribution is 0.670. The van der Waals surface area contributed by atoms with E-state index < -0.39 is 0 Å². The van der Waals surface area contributed by atoms with Gasteiger partial charge < -0.3 is 13.6 Å². The molecule has 0 aliphatic rings. The highest BCUT2D eigenvalue weighted by atomic mass is 16.3. The molecule has 3 nitrogen and oxygen atoms in total. The second-order valence-electron chi connectivity index (χ2n) is 14.9. The fourth-order valence-electron chi connectivity index (χ4n) is 9.11. The highest BCUT2D eigenvalue weighted by molar-refractivity contribution is 6.26. The Kier molecular flexibility index (Phi) is 6.93. The predicted octanol–water partition coefficient (Wildman–Crippen LogP) is 14.8. The molecule has 12 rings (SSSR count). The molecule has 0 saturated carbocycles. The van der Waals surface area contributed by atoms with E-state index in [1.807, 2.05) is 12.1 Å². The van der Waals surface area contributed by atoms with Crippen LogP contribution in [-0.2, 0) is 0 Å². The van der Waals surface area contributed by atoms with Crippen LogP contribution < -0.4 is 0 Å². The van der Waals surface area contributed by atoms with Crippen molar-refractivity contribution < 1.29 is 4.42 Å². The van der Waals surface area contributed by atoms with Gasteiger partial charge in [0.25, 0.3) is 0 Å². The van der Waals surface area contributed by atoms with Crippen LogP contribution in [0.25, 0.3) is 110 Å². The topological polar surface area (TPSA) is 23.0 Å². The molecule has 0 fully saturated rings.